The summed E-state index contributed by atoms with van der Waals surface area (Å²) in [7, 11) is 1.60. The molecule has 0 aliphatic heterocycles. The van der Waals surface area contributed by atoms with E-state index < -0.39 is 0 Å². The molecule has 138 valence electrons. The lowest BCUT2D eigenvalue weighted by atomic mass is 9.74. The summed E-state index contributed by atoms with van der Waals surface area (Å²) in [5.41, 5.74) is 2.36. The van der Waals surface area contributed by atoms with Gasteiger partial charge in [-0.1, -0.05) is 50.6 Å². The van der Waals surface area contributed by atoms with Gasteiger partial charge in [-0.2, -0.15) is 0 Å². The Hall–Kier alpha value is -2.42. The van der Waals surface area contributed by atoms with Gasteiger partial charge in [0.05, 0.1) is 7.11 Å². The third-order valence-electron chi connectivity index (χ3n) is 4.87. The Kier molecular flexibility index (Phi) is 6.36. The molecule has 2 aromatic carbocycles. The van der Waals surface area contributed by atoms with Crippen LogP contribution in [0.3, 0.4) is 0 Å². The van der Waals surface area contributed by atoms with E-state index in [0.717, 1.165) is 11.3 Å². The number of ketones is 2. The van der Waals surface area contributed by atoms with Crippen molar-refractivity contribution in [2.75, 3.05) is 7.11 Å². The van der Waals surface area contributed by atoms with Gasteiger partial charge in [0.2, 0.25) is 0 Å². The molecule has 0 aliphatic carbocycles. The molecule has 0 saturated heterocycles. The van der Waals surface area contributed by atoms with E-state index in [1.807, 2.05) is 31.2 Å². The summed E-state index contributed by atoms with van der Waals surface area (Å²) < 4.78 is 5.14. The molecule has 0 heterocycles. The zero-order chi connectivity index (χ0) is 19.3. The van der Waals surface area contributed by atoms with Crippen LogP contribution >= 0.6 is 0 Å². The highest BCUT2D eigenvalue weighted by Gasteiger charge is 2.29. The summed E-state index contributed by atoms with van der Waals surface area (Å²) in [6, 6.07) is 14.8. The molecule has 0 aromatic heterocycles. The van der Waals surface area contributed by atoms with E-state index in [1.165, 1.54) is 0 Å². The molecule has 0 aliphatic rings. The summed E-state index contributed by atoms with van der Waals surface area (Å²) in [6.07, 6.45) is 0.724. The molecule has 0 N–H and O–H groups in total. The predicted molar refractivity (Wildman–Crippen MR) is 105 cm³/mol. The Morgan fingerprint density at radius 1 is 0.846 bits per heavy atom. The lowest BCUT2D eigenvalue weighted by Crippen LogP contribution is -2.26. The fourth-order valence-electron chi connectivity index (χ4n) is 2.88. The zero-order valence-corrected chi connectivity index (χ0v) is 16.3. The van der Waals surface area contributed by atoms with E-state index in [9.17, 15) is 9.59 Å². The molecule has 1 atom stereocenters. The van der Waals surface area contributed by atoms with Crippen LogP contribution in [-0.4, -0.2) is 18.7 Å². The molecule has 1 unspecified atom stereocenters. The second kappa shape index (κ2) is 8.31. The Bertz CT molecular complexity index is 750. The molecule has 2 rings (SSSR count). The molecule has 2 aromatic rings. The predicted octanol–water partition coefficient (Wildman–Crippen LogP) is 5.51. The number of carbonyl (C=O) groups excluding carboxylic acids is 2. The minimum atomic E-state index is -0.136. The monoisotopic (exact) mass is 352 g/mol. The molecule has 0 saturated carbocycles. The number of Topliss-reactive ketones (excluding diaryl/α,β-unsaturated/α-hetero) is 2. The standard InChI is InChI=1S/C23H28O3/c1-16-6-8-17(9-7-16)21(24)14-19(23(2,3)4)15-22(25)18-10-12-20(26-5)13-11-18/h6-13,19H,14-15H2,1-5H3. The van der Waals surface area contributed by atoms with Crippen LogP contribution in [0, 0.1) is 18.3 Å². The van der Waals surface area contributed by atoms with E-state index in [4.69, 9.17) is 4.74 Å². The van der Waals surface area contributed by atoms with E-state index in [-0.39, 0.29) is 22.9 Å². The lowest BCUT2D eigenvalue weighted by molar-refractivity contribution is 0.0845. The Morgan fingerprint density at radius 2 is 1.27 bits per heavy atom. The van der Waals surface area contributed by atoms with Crippen molar-refractivity contribution in [1.82, 2.24) is 0 Å². The topological polar surface area (TPSA) is 43.4 Å². The summed E-state index contributed by atoms with van der Waals surface area (Å²) in [4.78, 5) is 25.4. The number of methoxy groups -OCH3 is 1. The Balaban J connectivity index is 2.12. The average molecular weight is 352 g/mol. The Labute approximate surface area is 156 Å². The summed E-state index contributed by atoms with van der Waals surface area (Å²) >= 11 is 0. The maximum absolute atomic E-state index is 12.7. The highest BCUT2D eigenvalue weighted by atomic mass is 16.5. The maximum atomic E-state index is 12.7. The third-order valence-corrected chi connectivity index (χ3v) is 4.87. The molecule has 0 bridgehead atoms. The number of ether oxygens (including phenoxy) is 1. The van der Waals surface area contributed by atoms with Gasteiger partial charge in [0.25, 0.3) is 0 Å². The quantitative estimate of drug-likeness (QED) is 0.617. The normalized spacial score (nSPS) is 12.5. The summed E-state index contributed by atoms with van der Waals surface area (Å²) in [5, 5.41) is 0. The van der Waals surface area contributed by atoms with E-state index >= 15 is 0 Å². The first-order valence-electron chi connectivity index (χ1n) is 8.98. The molecule has 0 spiro atoms. The fraction of sp³-hybridized carbons (Fsp3) is 0.391. The minimum Gasteiger partial charge on any atom is -0.497 e. The van der Waals surface area contributed by atoms with Crippen LogP contribution in [0.1, 0.15) is 59.9 Å². The Morgan fingerprint density at radius 3 is 1.65 bits per heavy atom. The highest BCUT2D eigenvalue weighted by molar-refractivity contribution is 5.98. The largest absolute Gasteiger partial charge is 0.497 e. The van der Waals surface area contributed by atoms with Crippen LogP contribution in [-0.2, 0) is 0 Å². The molecule has 26 heavy (non-hydrogen) atoms. The van der Waals surface area contributed by atoms with Crippen molar-refractivity contribution in [3.8, 4) is 5.75 Å². The first-order chi connectivity index (χ1) is 12.2. The van der Waals surface area contributed by atoms with Gasteiger partial charge in [0, 0.05) is 24.0 Å². The number of carbonyl (C=O) groups is 2. The average Bonchev–Trinajstić information content (AvgIpc) is 2.60. The highest BCUT2D eigenvalue weighted by Crippen LogP contribution is 2.34. The fourth-order valence-corrected chi connectivity index (χ4v) is 2.88. The molecule has 0 amide bonds. The van der Waals surface area contributed by atoms with Crippen molar-refractivity contribution < 1.29 is 14.3 Å². The zero-order valence-electron chi connectivity index (χ0n) is 16.3. The van der Waals surface area contributed by atoms with Crippen molar-refractivity contribution in [1.29, 1.82) is 0 Å². The molecule has 3 heteroatoms. The van der Waals surface area contributed by atoms with Crippen molar-refractivity contribution in [3.63, 3.8) is 0 Å². The SMILES string of the molecule is COc1ccc(C(=O)CC(CC(=O)c2ccc(C)cc2)C(C)(C)C)cc1. The first-order valence-corrected chi connectivity index (χ1v) is 8.98. The van der Waals surface area contributed by atoms with Crippen molar-refractivity contribution in [2.45, 2.75) is 40.5 Å². The van der Waals surface area contributed by atoms with E-state index in [1.54, 1.807) is 31.4 Å². The molecule has 0 radical (unpaired) electrons. The number of benzene rings is 2. The molecule has 3 nitrogen and oxygen atoms in total. The number of hydrogen-bond donors (Lipinski definition) is 0. The van der Waals surface area contributed by atoms with Gasteiger partial charge in [-0.15, -0.1) is 0 Å². The van der Waals surface area contributed by atoms with Gasteiger partial charge in [0.1, 0.15) is 5.75 Å². The molecule has 0 fully saturated rings. The van der Waals surface area contributed by atoms with Crippen LogP contribution in [0.5, 0.6) is 5.75 Å². The maximum Gasteiger partial charge on any atom is 0.163 e. The van der Waals surface area contributed by atoms with E-state index in [0.29, 0.717) is 24.0 Å². The summed E-state index contributed by atoms with van der Waals surface area (Å²) in [5.74, 6) is 0.853. The van der Waals surface area contributed by atoms with Crippen molar-refractivity contribution >= 4 is 11.6 Å². The van der Waals surface area contributed by atoms with Crippen LogP contribution in [0.4, 0.5) is 0 Å². The van der Waals surface area contributed by atoms with Gasteiger partial charge in [-0.3, -0.25) is 9.59 Å². The lowest BCUT2D eigenvalue weighted by Gasteiger charge is -2.30. The third kappa shape index (κ3) is 5.29. The molecular formula is C23H28O3. The van der Waals surface area contributed by atoms with Crippen molar-refractivity contribution in [3.05, 3.63) is 65.2 Å². The van der Waals surface area contributed by atoms with Gasteiger partial charge in [-0.25, -0.2) is 0 Å². The second-order valence-corrected chi connectivity index (χ2v) is 7.91. The van der Waals surface area contributed by atoms with Crippen LogP contribution < -0.4 is 4.74 Å². The minimum absolute atomic E-state index is 0.0223. The van der Waals surface area contributed by atoms with Gasteiger partial charge in [0.15, 0.2) is 11.6 Å². The number of rotatable bonds is 7. The van der Waals surface area contributed by atoms with Gasteiger partial charge in [-0.05, 0) is 42.5 Å². The first kappa shape index (κ1) is 19.9. The van der Waals surface area contributed by atoms with Gasteiger partial charge >= 0.3 is 0 Å². The van der Waals surface area contributed by atoms with Crippen LogP contribution in [0.25, 0.3) is 0 Å². The van der Waals surface area contributed by atoms with E-state index in [2.05, 4.69) is 20.8 Å². The van der Waals surface area contributed by atoms with Gasteiger partial charge < -0.3 is 4.74 Å². The van der Waals surface area contributed by atoms with Crippen LogP contribution in [0.2, 0.25) is 0 Å². The number of aryl methyl sites for hydroxylation is 1. The molecular weight excluding hydrogens is 324 g/mol. The second-order valence-electron chi connectivity index (χ2n) is 7.91. The summed E-state index contributed by atoms with van der Waals surface area (Å²) in [6.45, 7) is 8.25. The van der Waals surface area contributed by atoms with Crippen molar-refractivity contribution in [2.24, 2.45) is 11.3 Å². The smallest absolute Gasteiger partial charge is 0.163 e. The number of hydrogen-bond acceptors (Lipinski definition) is 3. The van der Waals surface area contributed by atoms with Crippen LogP contribution in [0.15, 0.2) is 48.5 Å².